The van der Waals surface area contributed by atoms with Crippen molar-refractivity contribution in [3.05, 3.63) is 49.3 Å². The minimum Gasteiger partial charge on any atom is -0.353 e. The SMILES string of the molecule is Cn1cc(-c2cc3nccn3c(-c3ccn(CCCC(F)F)c3)n2)cn1. The molecule has 0 aliphatic heterocycles. The van der Waals surface area contributed by atoms with Crippen molar-refractivity contribution in [3.63, 3.8) is 0 Å². The number of imidazole rings is 1. The Bertz CT molecular complexity index is 1030. The fourth-order valence-electron chi connectivity index (χ4n) is 2.97. The van der Waals surface area contributed by atoms with Crippen LogP contribution in [0.5, 0.6) is 0 Å². The van der Waals surface area contributed by atoms with Gasteiger partial charge in [0.05, 0.1) is 11.9 Å². The maximum atomic E-state index is 12.3. The normalized spacial score (nSPS) is 11.7. The monoisotopic (exact) mass is 356 g/mol. The Balaban J connectivity index is 1.69. The standard InChI is InChI=1S/C18H18F2N6/c1-24-11-14(10-22-24)15-9-17-21-5-8-26(17)18(23-15)13-4-7-25(12-13)6-2-3-16(19)20/h4-5,7-12,16H,2-3,6H2,1H3. The van der Waals surface area contributed by atoms with Gasteiger partial charge in [-0.3, -0.25) is 9.08 Å². The highest BCUT2D eigenvalue weighted by Gasteiger charge is 2.12. The van der Waals surface area contributed by atoms with Crippen LogP contribution < -0.4 is 0 Å². The van der Waals surface area contributed by atoms with Crippen LogP contribution in [0.4, 0.5) is 8.78 Å². The van der Waals surface area contributed by atoms with Gasteiger partial charge in [0.1, 0.15) is 11.5 Å². The molecule has 0 saturated heterocycles. The molecule has 0 atom stereocenters. The molecule has 0 unspecified atom stereocenters. The zero-order valence-corrected chi connectivity index (χ0v) is 14.3. The summed E-state index contributed by atoms with van der Waals surface area (Å²) in [7, 11) is 1.86. The van der Waals surface area contributed by atoms with Gasteiger partial charge in [-0.1, -0.05) is 0 Å². The fourth-order valence-corrected chi connectivity index (χ4v) is 2.97. The molecule has 4 heterocycles. The van der Waals surface area contributed by atoms with Crippen LogP contribution in [0.15, 0.2) is 49.3 Å². The van der Waals surface area contributed by atoms with Gasteiger partial charge in [0.15, 0.2) is 0 Å². The predicted molar refractivity (Wildman–Crippen MR) is 93.9 cm³/mol. The second-order valence-corrected chi connectivity index (χ2v) is 6.19. The summed E-state index contributed by atoms with van der Waals surface area (Å²) in [5.41, 5.74) is 3.41. The summed E-state index contributed by atoms with van der Waals surface area (Å²) in [5, 5.41) is 4.20. The van der Waals surface area contributed by atoms with E-state index >= 15 is 0 Å². The lowest BCUT2D eigenvalue weighted by atomic mass is 10.2. The van der Waals surface area contributed by atoms with Crippen LogP contribution in [0, 0.1) is 0 Å². The molecule has 0 aromatic carbocycles. The molecule has 0 aliphatic carbocycles. The first-order chi connectivity index (χ1) is 12.6. The molecule has 0 N–H and O–H groups in total. The average molecular weight is 356 g/mol. The second kappa shape index (κ2) is 6.70. The first-order valence-electron chi connectivity index (χ1n) is 8.37. The molecular formula is C18H18F2N6. The first-order valence-corrected chi connectivity index (χ1v) is 8.37. The highest BCUT2D eigenvalue weighted by molar-refractivity contribution is 5.68. The Morgan fingerprint density at radius 3 is 2.81 bits per heavy atom. The van der Waals surface area contributed by atoms with Gasteiger partial charge in [0.25, 0.3) is 0 Å². The lowest BCUT2D eigenvalue weighted by Crippen LogP contribution is -1.99. The summed E-state index contributed by atoms with van der Waals surface area (Å²) in [6.07, 6.45) is 9.17. The van der Waals surface area contributed by atoms with Crippen molar-refractivity contribution in [1.29, 1.82) is 0 Å². The van der Waals surface area contributed by atoms with E-state index in [1.165, 1.54) is 0 Å². The molecule has 0 aliphatic rings. The third-order valence-electron chi connectivity index (χ3n) is 4.24. The van der Waals surface area contributed by atoms with Crippen molar-refractivity contribution in [2.45, 2.75) is 25.8 Å². The van der Waals surface area contributed by atoms with Crippen molar-refractivity contribution >= 4 is 5.65 Å². The third kappa shape index (κ3) is 3.22. The fraction of sp³-hybridized carbons (Fsp3) is 0.278. The van der Waals surface area contributed by atoms with Crippen LogP contribution in [0.2, 0.25) is 0 Å². The van der Waals surface area contributed by atoms with Gasteiger partial charge < -0.3 is 4.57 Å². The van der Waals surface area contributed by atoms with Crippen LogP contribution in [-0.4, -0.2) is 35.1 Å². The Morgan fingerprint density at radius 1 is 1.15 bits per heavy atom. The molecule has 4 rings (SSSR count). The molecule has 0 spiro atoms. The van der Waals surface area contributed by atoms with Gasteiger partial charge in [-0.25, -0.2) is 18.7 Å². The van der Waals surface area contributed by atoms with E-state index in [0.29, 0.717) is 13.0 Å². The smallest absolute Gasteiger partial charge is 0.238 e. The number of alkyl halides is 2. The van der Waals surface area contributed by atoms with Crippen LogP contribution >= 0.6 is 0 Å². The molecule has 4 aromatic heterocycles. The van der Waals surface area contributed by atoms with Gasteiger partial charge in [-0.2, -0.15) is 5.10 Å². The Labute approximate surface area is 148 Å². The van der Waals surface area contributed by atoms with Gasteiger partial charge in [-0.15, -0.1) is 0 Å². The molecular weight excluding hydrogens is 338 g/mol. The quantitative estimate of drug-likeness (QED) is 0.530. The number of halogens is 2. The largest absolute Gasteiger partial charge is 0.353 e. The molecule has 0 fully saturated rings. The topological polar surface area (TPSA) is 52.9 Å². The Morgan fingerprint density at radius 2 is 2.04 bits per heavy atom. The van der Waals surface area contributed by atoms with Crippen molar-refractivity contribution in [2.24, 2.45) is 7.05 Å². The van der Waals surface area contributed by atoms with Gasteiger partial charge in [0, 0.05) is 68.2 Å². The van der Waals surface area contributed by atoms with Crippen LogP contribution in [0.3, 0.4) is 0 Å². The highest BCUT2D eigenvalue weighted by Crippen LogP contribution is 2.25. The van der Waals surface area contributed by atoms with Crippen molar-refractivity contribution in [1.82, 2.24) is 28.7 Å². The average Bonchev–Trinajstić information content (AvgIpc) is 3.33. The number of hydrogen-bond acceptors (Lipinski definition) is 3. The van der Waals surface area contributed by atoms with E-state index in [4.69, 9.17) is 4.98 Å². The molecule has 26 heavy (non-hydrogen) atoms. The van der Waals surface area contributed by atoms with E-state index in [0.717, 1.165) is 28.3 Å². The van der Waals surface area contributed by atoms with Gasteiger partial charge in [0.2, 0.25) is 6.43 Å². The maximum absolute atomic E-state index is 12.3. The summed E-state index contributed by atoms with van der Waals surface area (Å²) in [5.74, 6) is 0.756. The number of rotatable bonds is 6. The lowest BCUT2D eigenvalue weighted by molar-refractivity contribution is 0.133. The van der Waals surface area contributed by atoms with Crippen molar-refractivity contribution in [3.8, 4) is 22.6 Å². The van der Waals surface area contributed by atoms with Gasteiger partial charge in [-0.05, 0) is 12.5 Å². The minimum atomic E-state index is -2.26. The van der Waals surface area contributed by atoms with E-state index < -0.39 is 6.43 Å². The Hall–Kier alpha value is -3.03. The zero-order chi connectivity index (χ0) is 18.1. The molecule has 0 bridgehead atoms. The number of nitrogens with zero attached hydrogens (tertiary/aromatic N) is 6. The summed E-state index contributed by atoms with van der Waals surface area (Å²) >= 11 is 0. The maximum Gasteiger partial charge on any atom is 0.238 e. The summed E-state index contributed by atoms with van der Waals surface area (Å²) in [6.45, 7) is 0.555. The predicted octanol–water partition coefficient (Wildman–Crippen LogP) is 3.64. The van der Waals surface area contributed by atoms with Crippen LogP contribution in [0.1, 0.15) is 12.8 Å². The van der Waals surface area contributed by atoms with Crippen LogP contribution in [0.25, 0.3) is 28.3 Å². The molecule has 8 heteroatoms. The van der Waals surface area contributed by atoms with E-state index in [9.17, 15) is 8.78 Å². The summed E-state index contributed by atoms with van der Waals surface area (Å²) < 4.78 is 30.2. The van der Waals surface area contributed by atoms with E-state index in [-0.39, 0.29) is 6.42 Å². The number of hydrogen-bond donors (Lipinski definition) is 0. The van der Waals surface area contributed by atoms with Gasteiger partial charge >= 0.3 is 0 Å². The zero-order valence-electron chi connectivity index (χ0n) is 14.3. The molecule has 134 valence electrons. The minimum absolute atomic E-state index is 0.0893. The molecule has 4 aromatic rings. The molecule has 0 saturated carbocycles. The molecule has 6 nitrogen and oxygen atoms in total. The number of aryl methyl sites for hydroxylation is 2. The summed E-state index contributed by atoms with van der Waals surface area (Å²) in [4.78, 5) is 9.16. The Kier molecular flexibility index (Phi) is 4.24. The van der Waals surface area contributed by atoms with Crippen molar-refractivity contribution < 1.29 is 8.78 Å². The summed E-state index contributed by atoms with van der Waals surface area (Å²) in [6, 6.07) is 3.86. The van der Waals surface area contributed by atoms with E-state index in [1.54, 1.807) is 17.1 Å². The highest BCUT2D eigenvalue weighted by atomic mass is 19.3. The molecule has 0 amide bonds. The lowest BCUT2D eigenvalue weighted by Gasteiger charge is -2.06. The van der Waals surface area contributed by atoms with E-state index in [2.05, 4.69) is 10.1 Å². The number of fused-ring (bicyclic) bond motifs is 1. The van der Waals surface area contributed by atoms with E-state index in [1.807, 2.05) is 52.9 Å². The van der Waals surface area contributed by atoms with Crippen molar-refractivity contribution in [2.75, 3.05) is 0 Å². The second-order valence-electron chi connectivity index (χ2n) is 6.19. The number of aromatic nitrogens is 6. The molecule has 0 radical (unpaired) electrons. The van der Waals surface area contributed by atoms with Crippen LogP contribution in [-0.2, 0) is 13.6 Å². The first kappa shape index (κ1) is 16.4. The third-order valence-corrected chi connectivity index (χ3v) is 4.24.